The highest BCUT2D eigenvalue weighted by Gasteiger charge is 2.28. The summed E-state index contributed by atoms with van der Waals surface area (Å²) in [5.74, 6) is 1.93. The lowest BCUT2D eigenvalue weighted by Crippen LogP contribution is -2.44. The fourth-order valence-corrected chi connectivity index (χ4v) is 3.10. The number of Topliss-reactive ketones (excluding diaryl/α,β-unsaturated/α-hetero) is 1. The molecule has 1 saturated heterocycles. The van der Waals surface area contributed by atoms with Crippen molar-refractivity contribution < 1.29 is 9.53 Å². The van der Waals surface area contributed by atoms with E-state index in [9.17, 15) is 4.79 Å². The molecule has 1 aromatic heterocycles. The molecule has 21 heavy (non-hydrogen) atoms. The van der Waals surface area contributed by atoms with Gasteiger partial charge in [-0.25, -0.2) is 4.98 Å². The van der Waals surface area contributed by atoms with Crippen LogP contribution in [0.1, 0.15) is 26.2 Å². The van der Waals surface area contributed by atoms with Crippen molar-refractivity contribution in [2.24, 2.45) is 0 Å². The van der Waals surface area contributed by atoms with E-state index < -0.39 is 0 Å². The Labute approximate surface area is 124 Å². The van der Waals surface area contributed by atoms with Gasteiger partial charge >= 0.3 is 0 Å². The highest BCUT2D eigenvalue weighted by Crippen LogP contribution is 2.32. The normalized spacial score (nSPS) is 18.8. The molecule has 0 aliphatic carbocycles. The van der Waals surface area contributed by atoms with E-state index in [4.69, 9.17) is 4.74 Å². The highest BCUT2D eigenvalue weighted by molar-refractivity contribution is 5.95. The second kappa shape index (κ2) is 5.72. The van der Waals surface area contributed by atoms with Crippen LogP contribution in [0.25, 0.3) is 10.8 Å². The minimum absolute atomic E-state index is 0.0527. The van der Waals surface area contributed by atoms with Gasteiger partial charge in [0.05, 0.1) is 13.2 Å². The maximum atomic E-state index is 11.9. The van der Waals surface area contributed by atoms with Crippen molar-refractivity contribution >= 4 is 22.4 Å². The molecule has 0 amide bonds. The van der Waals surface area contributed by atoms with Crippen molar-refractivity contribution in [2.45, 2.75) is 32.2 Å². The van der Waals surface area contributed by atoms with E-state index in [-0.39, 0.29) is 11.8 Å². The number of nitrogens with zero attached hydrogens (tertiary/aromatic N) is 2. The number of piperidine rings is 1. The average Bonchev–Trinajstić information content (AvgIpc) is 2.53. The van der Waals surface area contributed by atoms with Gasteiger partial charge in [-0.1, -0.05) is 6.07 Å². The van der Waals surface area contributed by atoms with Crippen LogP contribution < -0.4 is 9.64 Å². The van der Waals surface area contributed by atoms with Crippen LogP contribution in [0.3, 0.4) is 0 Å². The maximum absolute atomic E-state index is 11.9. The molecule has 1 fully saturated rings. The number of hydrogen-bond donors (Lipinski definition) is 0. The lowest BCUT2D eigenvalue weighted by atomic mass is 9.98. The van der Waals surface area contributed by atoms with Crippen LogP contribution in [0.5, 0.6) is 5.75 Å². The van der Waals surface area contributed by atoms with Crippen LogP contribution >= 0.6 is 0 Å². The Kier molecular flexibility index (Phi) is 3.78. The lowest BCUT2D eigenvalue weighted by molar-refractivity contribution is -0.118. The Bertz CT molecular complexity index is 669. The van der Waals surface area contributed by atoms with Gasteiger partial charge in [0, 0.05) is 18.1 Å². The van der Waals surface area contributed by atoms with Crippen molar-refractivity contribution in [1.82, 2.24) is 4.98 Å². The Morgan fingerprint density at radius 1 is 1.33 bits per heavy atom. The van der Waals surface area contributed by atoms with Gasteiger partial charge in [0.15, 0.2) is 5.78 Å². The molecule has 2 heterocycles. The molecule has 0 spiro atoms. The number of carbonyl (C=O) groups is 1. The molecule has 0 saturated carbocycles. The number of carbonyl (C=O) groups excluding carboxylic acids is 1. The largest absolute Gasteiger partial charge is 0.497 e. The third-order valence-corrected chi connectivity index (χ3v) is 4.20. The number of benzene rings is 1. The quantitative estimate of drug-likeness (QED) is 0.868. The molecule has 0 radical (unpaired) electrons. The summed E-state index contributed by atoms with van der Waals surface area (Å²) >= 11 is 0. The smallest absolute Gasteiger partial charge is 0.152 e. The van der Waals surface area contributed by atoms with Gasteiger partial charge in [0.1, 0.15) is 11.6 Å². The van der Waals surface area contributed by atoms with E-state index in [0.717, 1.165) is 48.1 Å². The van der Waals surface area contributed by atoms with E-state index in [1.165, 1.54) is 0 Å². The first-order chi connectivity index (χ1) is 10.2. The number of rotatable bonds is 3. The number of hydrogen-bond acceptors (Lipinski definition) is 4. The molecule has 0 N–H and O–H groups in total. The molecule has 1 aromatic carbocycles. The van der Waals surface area contributed by atoms with Gasteiger partial charge < -0.3 is 9.64 Å². The molecule has 0 bridgehead atoms. The molecule has 4 heteroatoms. The number of anilines is 1. The predicted octanol–water partition coefficient (Wildman–Crippen LogP) is 3.19. The standard InChI is InChI=1S/C17H20N2O2/c1-12(20)16-5-3-4-10-19(16)17-15-11-14(21-2)7-6-13(15)8-9-18-17/h6-9,11,16H,3-5,10H2,1-2H3. The summed E-state index contributed by atoms with van der Waals surface area (Å²) in [7, 11) is 1.66. The zero-order chi connectivity index (χ0) is 14.8. The van der Waals surface area contributed by atoms with Crippen molar-refractivity contribution in [1.29, 1.82) is 0 Å². The van der Waals surface area contributed by atoms with Crippen molar-refractivity contribution in [3.8, 4) is 5.75 Å². The molecule has 1 aliphatic heterocycles. The van der Waals surface area contributed by atoms with E-state index in [2.05, 4.69) is 9.88 Å². The molecule has 110 valence electrons. The van der Waals surface area contributed by atoms with Crippen LogP contribution in [0, 0.1) is 0 Å². The number of ketones is 1. The molecule has 1 aliphatic rings. The minimum Gasteiger partial charge on any atom is -0.497 e. The average molecular weight is 284 g/mol. The Balaban J connectivity index is 2.11. The van der Waals surface area contributed by atoms with E-state index in [0.29, 0.717) is 0 Å². The molecule has 1 atom stereocenters. The number of fused-ring (bicyclic) bond motifs is 1. The van der Waals surface area contributed by atoms with Crippen LogP contribution in [-0.4, -0.2) is 30.5 Å². The number of pyridine rings is 1. The minimum atomic E-state index is -0.0527. The highest BCUT2D eigenvalue weighted by atomic mass is 16.5. The van der Waals surface area contributed by atoms with Gasteiger partial charge in [0.2, 0.25) is 0 Å². The van der Waals surface area contributed by atoms with Crippen LogP contribution in [0.4, 0.5) is 5.82 Å². The SMILES string of the molecule is COc1ccc2ccnc(N3CCCCC3C(C)=O)c2c1. The van der Waals surface area contributed by atoms with Crippen molar-refractivity contribution in [2.75, 3.05) is 18.6 Å². The summed E-state index contributed by atoms with van der Waals surface area (Å²) in [6.45, 7) is 2.56. The maximum Gasteiger partial charge on any atom is 0.152 e. The van der Waals surface area contributed by atoms with Gasteiger partial charge in [0.25, 0.3) is 0 Å². The topological polar surface area (TPSA) is 42.4 Å². The zero-order valence-corrected chi connectivity index (χ0v) is 12.5. The Hall–Kier alpha value is -2.10. The molecular formula is C17H20N2O2. The Morgan fingerprint density at radius 3 is 2.95 bits per heavy atom. The van der Waals surface area contributed by atoms with Crippen molar-refractivity contribution in [3.05, 3.63) is 30.5 Å². The fraction of sp³-hybridized carbons (Fsp3) is 0.412. The first kappa shape index (κ1) is 13.9. The lowest BCUT2D eigenvalue weighted by Gasteiger charge is -2.35. The second-order valence-corrected chi connectivity index (χ2v) is 5.54. The summed E-state index contributed by atoms with van der Waals surface area (Å²) in [5.41, 5.74) is 0. The summed E-state index contributed by atoms with van der Waals surface area (Å²) in [6, 6.07) is 7.92. The first-order valence-corrected chi connectivity index (χ1v) is 7.40. The molecule has 1 unspecified atom stereocenters. The molecule has 2 aromatic rings. The summed E-state index contributed by atoms with van der Waals surface area (Å²) < 4.78 is 5.33. The zero-order valence-electron chi connectivity index (χ0n) is 12.5. The third kappa shape index (κ3) is 2.58. The summed E-state index contributed by atoms with van der Waals surface area (Å²) in [6.07, 6.45) is 4.94. The molecule has 3 rings (SSSR count). The third-order valence-electron chi connectivity index (χ3n) is 4.20. The van der Waals surface area contributed by atoms with E-state index in [1.807, 2.05) is 30.5 Å². The van der Waals surface area contributed by atoms with Gasteiger partial charge in [-0.05, 0) is 49.8 Å². The van der Waals surface area contributed by atoms with Crippen LogP contribution in [0.15, 0.2) is 30.5 Å². The number of ether oxygens (including phenoxy) is 1. The van der Waals surface area contributed by atoms with Crippen LogP contribution in [-0.2, 0) is 4.79 Å². The van der Waals surface area contributed by atoms with Gasteiger partial charge in [-0.3, -0.25) is 4.79 Å². The Morgan fingerprint density at radius 2 is 2.19 bits per heavy atom. The number of aromatic nitrogens is 1. The van der Waals surface area contributed by atoms with Gasteiger partial charge in [-0.2, -0.15) is 0 Å². The monoisotopic (exact) mass is 284 g/mol. The van der Waals surface area contributed by atoms with E-state index >= 15 is 0 Å². The van der Waals surface area contributed by atoms with E-state index in [1.54, 1.807) is 14.0 Å². The van der Waals surface area contributed by atoms with Crippen LogP contribution in [0.2, 0.25) is 0 Å². The molecule has 4 nitrogen and oxygen atoms in total. The summed E-state index contributed by atoms with van der Waals surface area (Å²) in [4.78, 5) is 18.7. The fourth-order valence-electron chi connectivity index (χ4n) is 3.10. The first-order valence-electron chi connectivity index (χ1n) is 7.40. The number of methoxy groups -OCH3 is 1. The predicted molar refractivity (Wildman–Crippen MR) is 84.0 cm³/mol. The van der Waals surface area contributed by atoms with Crippen molar-refractivity contribution in [3.63, 3.8) is 0 Å². The summed E-state index contributed by atoms with van der Waals surface area (Å²) in [5, 5.41) is 2.17. The molecular weight excluding hydrogens is 264 g/mol. The van der Waals surface area contributed by atoms with Gasteiger partial charge in [-0.15, -0.1) is 0 Å². The second-order valence-electron chi connectivity index (χ2n) is 5.54.